The highest BCUT2D eigenvalue weighted by Crippen LogP contribution is 2.66. The number of rotatable bonds is 3. The van der Waals surface area contributed by atoms with E-state index < -0.39 is 0 Å². The first kappa shape index (κ1) is 17.8. The molecule has 0 radical (unpaired) electrons. The zero-order chi connectivity index (χ0) is 17.7. The van der Waals surface area contributed by atoms with Gasteiger partial charge in [0.05, 0.1) is 13.2 Å². The molecule has 0 bridgehead atoms. The van der Waals surface area contributed by atoms with Gasteiger partial charge in [0, 0.05) is 0 Å². The fourth-order valence-electron chi connectivity index (χ4n) is 7.61. The van der Waals surface area contributed by atoms with E-state index in [4.69, 9.17) is 9.47 Å². The van der Waals surface area contributed by atoms with Gasteiger partial charge in [0.2, 0.25) is 0 Å². The average Bonchev–Trinajstić information content (AvgIpc) is 3.01. The van der Waals surface area contributed by atoms with Crippen molar-refractivity contribution in [1.29, 1.82) is 0 Å². The fourth-order valence-corrected chi connectivity index (χ4v) is 7.61. The van der Waals surface area contributed by atoms with Crippen LogP contribution in [0.2, 0.25) is 0 Å². The van der Waals surface area contributed by atoms with E-state index in [1.165, 1.54) is 58.5 Å². The van der Waals surface area contributed by atoms with E-state index in [-0.39, 0.29) is 18.7 Å². The van der Waals surface area contributed by atoms with Crippen LogP contribution in [0.15, 0.2) is 0 Å². The highest BCUT2D eigenvalue weighted by atomic mass is 16.6. The van der Waals surface area contributed by atoms with Crippen LogP contribution in [0.3, 0.4) is 0 Å². The van der Waals surface area contributed by atoms with Crippen LogP contribution in [0.1, 0.15) is 78.1 Å². The van der Waals surface area contributed by atoms with Crippen molar-refractivity contribution in [3.63, 3.8) is 0 Å². The minimum atomic E-state index is -0.246. The Morgan fingerprint density at radius 1 is 1.00 bits per heavy atom. The number of methoxy groups -OCH3 is 1. The van der Waals surface area contributed by atoms with Gasteiger partial charge in [-0.25, -0.2) is 4.79 Å². The van der Waals surface area contributed by atoms with Crippen molar-refractivity contribution in [2.24, 2.45) is 34.5 Å². The molecule has 0 aromatic heterocycles. The van der Waals surface area contributed by atoms with E-state index in [0.717, 1.165) is 36.5 Å². The van der Waals surface area contributed by atoms with Gasteiger partial charge in [-0.2, -0.15) is 0 Å². The Morgan fingerprint density at radius 2 is 1.84 bits per heavy atom. The molecular weight excluding hydrogens is 312 g/mol. The first-order valence-corrected chi connectivity index (χ1v) is 10.6. The maximum absolute atomic E-state index is 11.4. The van der Waals surface area contributed by atoms with Crippen molar-refractivity contribution < 1.29 is 14.3 Å². The third-order valence-electron chi connectivity index (χ3n) is 9.06. The summed E-state index contributed by atoms with van der Waals surface area (Å²) in [5.74, 6) is 3.46. The Balaban J connectivity index is 1.44. The van der Waals surface area contributed by atoms with Gasteiger partial charge in [0.1, 0.15) is 6.61 Å². The monoisotopic (exact) mass is 348 g/mol. The number of hydrogen-bond donors (Lipinski definition) is 0. The second-order valence-electron chi connectivity index (χ2n) is 10.0. The molecule has 7 atom stereocenters. The molecule has 3 heteroatoms. The van der Waals surface area contributed by atoms with Gasteiger partial charge in [-0.05, 0) is 92.3 Å². The van der Waals surface area contributed by atoms with E-state index in [1.54, 1.807) is 0 Å². The van der Waals surface area contributed by atoms with E-state index in [9.17, 15) is 4.79 Å². The summed E-state index contributed by atoms with van der Waals surface area (Å²) in [6, 6.07) is 0. The van der Waals surface area contributed by atoms with Crippen LogP contribution >= 0.6 is 0 Å². The van der Waals surface area contributed by atoms with E-state index in [1.807, 2.05) is 0 Å². The summed E-state index contributed by atoms with van der Waals surface area (Å²) in [6.45, 7) is 5.31. The number of hydrogen-bond acceptors (Lipinski definition) is 3. The quantitative estimate of drug-likeness (QED) is 0.675. The lowest BCUT2D eigenvalue weighted by molar-refractivity contribution is -0.155. The zero-order valence-corrected chi connectivity index (χ0v) is 16.4. The maximum atomic E-state index is 11.4. The summed E-state index contributed by atoms with van der Waals surface area (Å²) in [4.78, 5) is 11.4. The van der Waals surface area contributed by atoms with Gasteiger partial charge in [0.15, 0.2) is 0 Å². The second-order valence-corrected chi connectivity index (χ2v) is 10.0. The number of ether oxygens (including phenoxy) is 2. The van der Waals surface area contributed by atoms with Gasteiger partial charge in [-0.1, -0.05) is 20.3 Å². The van der Waals surface area contributed by atoms with Crippen molar-refractivity contribution in [1.82, 2.24) is 0 Å². The second kappa shape index (κ2) is 6.55. The lowest BCUT2D eigenvalue weighted by Gasteiger charge is -2.60. The fraction of sp³-hybridized carbons (Fsp3) is 0.955. The molecule has 4 rings (SSSR count). The topological polar surface area (TPSA) is 35.5 Å². The largest absolute Gasteiger partial charge is 0.467 e. The maximum Gasteiger partial charge on any atom is 0.331 e. The number of fused-ring (bicyclic) bond motifs is 5. The van der Waals surface area contributed by atoms with E-state index in [2.05, 4.69) is 13.8 Å². The molecule has 4 aliphatic rings. The zero-order valence-electron chi connectivity index (χ0n) is 16.4. The normalized spacial score (nSPS) is 49.0. The molecule has 4 fully saturated rings. The number of carbonyl (C=O) groups excluding carboxylic acids is 1. The van der Waals surface area contributed by atoms with Crippen LogP contribution in [-0.2, 0) is 14.3 Å². The molecule has 0 spiro atoms. The molecule has 0 aromatic carbocycles. The number of carbonyl (C=O) groups is 1. The highest BCUT2D eigenvalue weighted by Gasteiger charge is 2.57. The molecule has 3 nitrogen and oxygen atoms in total. The van der Waals surface area contributed by atoms with Crippen molar-refractivity contribution in [3.05, 3.63) is 0 Å². The van der Waals surface area contributed by atoms with Crippen LogP contribution in [0.5, 0.6) is 0 Å². The standard InChI is InChI=1S/C22H36O3/c1-21-10-4-5-18(21)17-7-6-15-13-16(25-14-20(23)24-3)8-12-22(15,2)19(17)9-11-21/h15-19H,4-14H2,1-3H3/t15-,16?,17?,18?,19?,21?,22?/m0/s1. The molecule has 0 N–H and O–H groups in total. The third-order valence-corrected chi connectivity index (χ3v) is 9.06. The Labute approximate surface area is 153 Å². The molecule has 0 aromatic rings. The van der Waals surface area contributed by atoms with Gasteiger partial charge < -0.3 is 9.47 Å². The Hall–Kier alpha value is -0.570. The molecule has 0 heterocycles. The van der Waals surface area contributed by atoms with Crippen molar-refractivity contribution in [2.45, 2.75) is 84.2 Å². The van der Waals surface area contributed by atoms with Crippen molar-refractivity contribution in [3.8, 4) is 0 Å². The van der Waals surface area contributed by atoms with Gasteiger partial charge in [-0.15, -0.1) is 0 Å². The summed E-state index contributed by atoms with van der Waals surface area (Å²) >= 11 is 0. The molecule has 6 unspecified atom stereocenters. The summed E-state index contributed by atoms with van der Waals surface area (Å²) in [5.41, 5.74) is 1.17. The molecular formula is C22H36O3. The Bertz CT molecular complexity index is 517. The minimum absolute atomic E-state index is 0.122. The SMILES string of the molecule is COC(=O)COC1CCC2(C)C3CCC4(C)CCCC4C3CC[C@H]2C1. The van der Waals surface area contributed by atoms with Gasteiger partial charge in [-0.3, -0.25) is 0 Å². The average molecular weight is 349 g/mol. The third kappa shape index (κ3) is 2.95. The lowest BCUT2D eigenvalue weighted by atomic mass is 9.45. The van der Waals surface area contributed by atoms with Crippen LogP contribution in [-0.4, -0.2) is 25.8 Å². The van der Waals surface area contributed by atoms with Crippen molar-refractivity contribution >= 4 is 5.97 Å². The van der Waals surface area contributed by atoms with Crippen LogP contribution < -0.4 is 0 Å². The van der Waals surface area contributed by atoms with Gasteiger partial charge in [0.25, 0.3) is 0 Å². The predicted octanol–water partition coefficient (Wildman–Crippen LogP) is 4.98. The molecule has 0 amide bonds. The minimum Gasteiger partial charge on any atom is -0.467 e. The predicted molar refractivity (Wildman–Crippen MR) is 98.1 cm³/mol. The first-order valence-electron chi connectivity index (χ1n) is 10.6. The van der Waals surface area contributed by atoms with Crippen LogP contribution in [0.25, 0.3) is 0 Å². The summed E-state index contributed by atoms with van der Waals surface area (Å²) in [5, 5.41) is 0. The Morgan fingerprint density at radius 3 is 2.64 bits per heavy atom. The molecule has 142 valence electrons. The Kier molecular flexibility index (Phi) is 4.67. The summed E-state index contributed by atoms with van der Waals surface area (Å²) in [7, 11) is 1.44. The first-order chi connectivity index (χ1) is 12.0. The molecule has 25 heavy (non-hydrogen) atoms. The molecule has 0 aliphatic heterocycles. The molecule has 4 saturated carbocycles. The van der Waals surface area contributed by atoms with Crippen molar-refractivity contribution in [2.75, 3.05) is 13.7 Å². The van der Waals surface area contributed by atoms with E-state index >= 15 is 0 Å². The number of esters is 1. The van der Waals surface area contributed by atoms with Gasteiger partial charge >= 0.3 is 5.97 Å². The smallest absolute Gasteiger partial charge is 0.331 e. The van der Waals surface area contributed by atoms with Crippen LogP contribution in [0.4, 0.5) is 0 Å². The van der Waals surface area contributed by atoms with Crippen LogP contribution in [0, 0.1) is 34.5 Å². The molecule has 4 aliphatic carbocycles. The summed E-state index contributed by atoms with van der Waals surface area (Å²) < 4.78 is 10.6. The summed E-state index contributed by atoms with van der Waals surface area (Å²) in [6.07, 6.45) is 14.0. The molecule has 0 saturated heterocycles. The lowest BCUT2D eigenvalue weighted by Crippen LogP contribution is -2.53. The highest BCUT2D eigenvalue weighted by molar-refractivity contribution is 5.70. The van der Waals surface area contributed by atoms with E-state index in [0.29, 0.717) is 10.8 Å².